The van der Waals surface area contributed by atoms with Crippen molar-refractivity contribution in [3.05, 3.63) is 0 Å². The van der Waals surface area contributed by atoms with E-state index in [1.807, 2.05) is 29.5 Å². The summed E-state index contributed by atoms with van der Waals surface area (Å²) in [5.74, 6) is -3.62. The van der Waals surface area contributed by atoms with E-state index in [0.717, 1.165) is 0 Å². The first-order valence-corrected chi connectivity index (χ1v) is 8.19. The van der Waals surface area contributed by atoms with Crippen molar-refractivity contribution in [1.82, 2.24) is 0 Å². The lowest BCUT2D eigenvalue weighted by Gasteiger charge is -2.31. The molecular weight excluding hydrogens is 391 g/mol. The van der Waals surface area contributed by atoms with Gasteiger partial charge in [-0.2, -0.15) is 0 Å². The van der Waals surface area contributed by atoms with Crippen molar-refractivity contribution in [1.29, 1.82) is 0 Å². The lowest BCUT2D eigenvalue weighted by molar-refractivity contribution is -0.165. The monoisotopic (exact) mass is 408 g/mol. The third kappa shape index (κ3) is 2.07. The quantitative estimate of drug-likeness (QED) is 0.430. The Kier molecular flexibility index (Phi) is 3.46. The van der Waals surface area contributed by atoms with Gasteiger partial charge in [0.2, 0.25) is 0 Å². The van der Waals surface area contributed by atoms with Crippen LogP contribution in [0, 0.1) is 23.7 Å². The second-order valence-electron chi connectivity index (χ2n) is 6.28. The zero-order chi connectivity index (χ0) is 15.5. The van der Waals surface area contributed by atoms with Gasteiger partial charge in [0.25, 0.3) is 0 Å². The number of aliphatic carboxylic acids is 1. The molecule has 0 aromatic heterocycles. The van der Waals surface area contributed by atoms with Crippen LogP contribution in [-0.4, -0.2) is 38.6 Å². The molecule has 3 rings (SSSR count). The van der Waals surface area contributed by atoms with E-state index in [9.17, 15) is 19.5 Å². The number of ether oxygens (including phenoxy) is 2. The zero-order valence-corrected chi connectivity index (χ0v) is 13.9. The van der Waals surface area contributed by atoms with E-state index in [-0.39, 0.29) is 17.8 Å². The van der Waals surface area contributed by atoms with Crippen molar-refractivity contribution >= 4 is 40.5 Å². The van der Waals surface area contributed by atoms with Crippen LogP contribution in [-0.2, 0) is 23.9 Å². The van der Waals surface area contributed by atoms with Crippen molar-refractivity contribution in [2.45, 2.75) is 42.3 Å². The molecule has 3 aliphatic rings. The van der Waals surface area contributed by atoms with E-state index >= 15 is 0 Å². The highest BCUT2D eigenvalue weighted by molar-refractivity contribution is 14.1. The van der Waals surface area contributed by atoms with Gasteiger partial charge in [-0.3, -0.25) is 14.4 Å². The molecule has 0 aromatic carbocycles. The fraction of sp³-hybridized carbons (Fsp3) is 0.786. The molecule has 2 saturated carbocycles. The number of hydrogen-bond acceptors (Lipinski definition) is 5. The second-order valence-corrected chi connectivity index (χ2v) is 8.66. The summed E-state index contributed by atoms with van der Waals surface area (Å²) in [5, 5.41) is 9.38. The van der Waals surface area contributed by atoms with Crippen LogP contribution in [0.25, 0.3) is 0 Å². The Balaban J connectivity index is 1.84. The molecule has 7 heteroatoms. The zero-order valence-electron chi connectivity index (χ0n) is 11.7. The summed E-state index contributed by atoms with van der Waals surface area (Å²) in [6.45, 7) is 3.67. The molecule has 116 valence electrons. The molecule has 21 heavy (non-hydrogen) atoms. The maximum atomic E-state index is 12.2. The molecule has 6 nitrogen and oxygen atoms in total. The number of carbonyl (C=O) groups excluding carboxylic acids is 2. The molecule has 1 heterocycles. The highest BCUT2D eigenvalue weighted by atomic mass is 127. The summed E-state index contributed by atoms with van der Waals surface area (Å²) in [6, 6.07) is 0. The number of halogens is 1. The van der Waals surface area contributed by atoms with Crippen molar-refractivity contribution < 1.29 is 29.0 Å². The number of carboxylic acid groups (broad SMARTS) is 1. The van der Waals surface area contributed by atoms with Gasteiger partial charge in [0.15, 0.2) is 0 Å². The van der Waals surface area contributed by atoms with Crippen molar-refractivity contribution in [3.63, 3.8) is 0 Å². The normalized spacial score (nSPS) is 42.5. The van der Waals surface area contributed by atoms with Gasteiger partial charge in [-0.1, -0.05) is 29.5 Å². The van der Waals surface area contributed by atoms with Gasteiger partial charge < -0.3 is 14.6 Å². The highest BCUT2D eigenvalue weighted by Crippen LogP contribution is 2.58. The van der Waals surface area contributed by atoms with E-state index in [1.165, 1.54) is 0 Å². The van der Waals surface area contributed by atoms with Crippen LogP contribution in [0.15, 0.2) is 0 Å². The number of fused-ring (bicyclic) bond motifs is 1. The van der Waals surface area contributed by atoms with Crippen molar-refractivity contribution in [3.8, 4) is 0 Å². The molecule has 0 amide bonds. The summed E-state index contributed by atoms with van der Waals surface area (Å²) in [5.41, 5.74) is 0. The number of esters is 2. The fourth-order valence-corrected chi connectivity index (χ4v) is 4.00. The van der Waals surface area contributed by atoms with Gasteiger partial charge in [-0.15, -0.1) is 0 Å². The van der Waals surface area contributed by atoms with Gasteiger partial charge in [0, 0.05) is 11.8 Å². The lowest BCUT2D eigenvalue weighted by atomic mass is 9.78. The minimum Gasteiger partial charge on any atom is -0.481 e. The van der Waals surface area contributed by atoms with E-state index < -0.39 is 39.4 Å². The van der Waals surface area contributed by atoms with E-state index in [1.54, 1.807) is 6.92 Å². The lowest BCUT2D eigenvalue weighted by Crippen LogP contribution is -2.45. The Bertz CT molecular complexity index is 516. The maximum absolute atomic E-state index is 12.2. The van der Waals surface area contributed by atoms with Crippen LogP contribution < -0.4 is 0 Å². The standard InChI is InChI=1S/C14H17IO6/c1-3-14(2,15)13(19)21-10-5-4-6-8(7(5)11(16)17)12(18)20-9(6)10/h5-10H,3-4H2,1-2H3,(H,16,17). The molecule has 1 N–H and O–H groups in total. The Morgan fingerprint density at radius 1 is 1.48 bits per heavy atom. The third-order valence-corrected chi connectivity index (χ3v) is 6.37. The number of alkyl halides is 1. The van der Waals surface area contributed by atoms with Gasteiger partial charge in [0.05, 0.1) is 11.8 Å². The maximum Gasteiger partial charge on any atom is 0.322 e. The molecule has 1 saturated heterocycles. The van der Waals surface area contributed by atoms with E-state index in [4.69, 9.17) is 9.47 Å². The Morgan fingerprint density at radius 2 is 2.14 bits per heavy atom. The first kappa shape index (κ1) is 15.1. The number of hydrogen-bond donors (Lipinski definition) is 1. The summed E-state index contributed by atoms with van der Waals surface area (Å²) in [6.07, 6.45) is 0.117. The first-order valence-electron chi connectivity index (χ1n) is 7.11. The third-order valence-electron chi connectivity index (χ3n) is 5.16. The fourth-order valence-electron chi connectivity index (χ4n) is 3.87. The molecule has 2 aliphatic carbocycles. The molecule has 1 aliphatic heterocycles. The molecule has 2 bridgehead atoms. The Hall–Kier alpha value is -0.860. The minimum atomic E-state index is -1.00. The summed E-state index contributed by atoms with van der Waals surface area (Å²) in [7, 11) is 0. The molecule has 7 atom stereocenters. The summed E-state index contributed by atoms with van der Waals surface area (Å²) in [4.78, 5) is 35.6. The highest BCUT2D eigenvalue weighted by Gasteiger charge is 2.70. The van der Waals surface area contributed by atoms with E-state index in [2.05, 4.69) is 0 Å². The molecule has 0 aromatic rings. The van der Waals surface area contributed by atoms with Gasteiger partial charge in [0.1, 0.15) is 15.6 Å². The molecular formula is C14H17IO6. The molecule has 0 radical (unpaired) electrons. The Labute approximate surface area is 135 Å². The van der Waals surface area contributed by atoms with Crippen molar-refractivity contribution in [2.75, 3.05) is 0 Å². The summed E-state index contributed by atoms with van der Waals surface area (Å²) < 4.78 is 10.2. The largest absolute Gasteiger partial charge is 0.481 e. The van der Waals surface area contributed by atoms with Crippen LogP contribution >= 0.6 is 22.6 Å². The second kappa shape index (κ2) is 4.82. The molecule has 0 spiro atoms. The van der Waals surface area contributed by atoms with Gasteiger partial charge in [-0.05, 0) is 19.8 Å². The molecule has 3 fully saturated rings. The van der Waals surface area contributed by atoms with Gasteiger partial charge in [-0.25, -0.2) is 0 Å². The van der Waals surface area contributed by atoms with E-state index in [0.29, 0.717) is 12.8 Å². The van der Waals surface area contributed by atoms with Crippen LogP contribution in [0.1, 0.15) is 26.7 Å². The average molecular weight is 408 g/mol. The number of carboxylic acids is 1. The van der Waals surface area contributed by atoms with Crippen molar-refractivity contribution in [2.24, 2.45) is 23.7 Å². The average Bonchev–Trinajstić information content (AvgIpc) is 3.01. The number of rotatable bonds is 4. The minimum absolute atomic E-state index is 0.122. The SMILES string of the molecule is CCC(C)(I)C(=O)OC1C2CC3C1OC(=O)C3C2C(=O)O. The first-order chi connectivity index (χ1) is 9.77. The summed E-state index contributed by atoms with van der Waals surface area (Å²) >= 11 is 2.04. The smallest absolute Gasteiger partial charge is 0.322 e. The Morgan fingerprint density at radius 3 is 2.71 bits per heavy atom. The van der Waals surface area contributed by atoms with Crippen LogP contribution in [0.2, 0.25) is 0 Å². The topological polar surface area (TPSA) is 89.9 Å². The predicted octanol–water partition coefficient (Wildman–Crippen LogP) is 1.39. The van der Waals surface area contributed by atoms with Crippen LogP contribution in [0.3, 0.4) is 0 Å². The molecule has 7 unspecified atom stereocenters. The van der Waals surface area contributed by atoms with Crippen LogP contribution in [0.5, 0.6) is 0 Å². The predicted molar refractivity (Wildman–Crippen MR) is 78.7 cm³/mol. The van der Waals surface area contributed by atoms with Gasteiger partial charge >= 0.3 is 17.9 Å². The van der Waals surface area contributed by atoms with Crippen LogP contribution in [0.4, 0.5) is 0 Å². The number of carbonyl (C=O) groups is 3.